The highest BCUT2D eigenvalue weighted by Gasteiger charge is 2.03. The van der Waals surface area contributed by atoms with E-state index in [1.807, 2.05) is 32.9 Å². The average Bonchev–Trinajstić information content (AvgIpc) is 2.24. The Labute approximate surface area is 96.6 Å². The van der Waals surface area contributed by atoms with Crippen molar-refractivity contribution < 1.29 is 9.47 Å². The Balaban J connectivity index is 2.53. The summed E-state index contributed by atoms with van der Waals surface area (Å²) in [6.45, 7) is 6.94. The van der Waals surface area contributed by atoms with Gasteiger partial charge in [-0.2, -0.15) is 5.26 Å². The molecule has 0 aliphatic carbocycles. The van der Waals surface area contributed by atoms with Crippen LogP contribution in [0.25, 0.3) is 0 Å². The third-order valence-electron chi connectivity index (χ3n) is 2.05. The summed E-state index contributed by atoms with van der Waals surface area (Å²) in [6, 6.07) is 7.65. The van der Waals surface area contributed by atoms with Crippen LogP contribution in [0.15, 0.2) is 18.2 Å². The van der Waals surface area contributed by atoms with Crippen molar-refractivity contribution in [1.29, 1.82) is 5.26 Å². The molecule has 0 aromatic heterocycles. The minimum absolute atomic E-state index is 0.205. The second-order valence-electron chi connectivity index (χ2n) is 3.88. The molecule has 1 aromatic carbocycles. The number of hydrogen-bond acceptors (Lipinski definition) is 3. The van der Waals surface area contributed by atoms with Crippen molar-refractivity contribution in [2.24, 2.45) is 0 Å². The molecule has 3 heteroatoms. The molecule has 0 atom stereocenters. The fourth-order valence-electron chi connectivity index (χ4n) is 1.28. The van der Waals surface area contributed by atoms with Gasteiger partial charge in [-0.1, -0.05) is 6.07 Å². The van der Waals surface area contributed by atoms with Gasteiger partial charge in [0.05, 0.1) is 18.3 Å². The quantitative estimate of drug-likeness (QED) is 0.715. The highest BCUT2D eigenvalue weighted by Crippen LogP contribution is 2.19. The van der Waals surface area contributed by atoms with Crippen LogP contribution in [0.1, 0.15) is 25.0 Å². The smallest absolute Gasteiger partial charge is 0.137 e. The zero-order chi connectivity index (χ0) is 12.0. The van der Waals surface area contributed by atoms with Gasteiger partial charge < -0.3 is 9.47 Å². The number of benzene rings is 1. The fourth-order valence-corrected chi connectivity index (χ4v) is 1.28. The largest absolute Gasteiger partial charge is 0.490 e. The van der Waals surface area contributed by atoms with Gasteiger partial charge in [0.25, 0.3) is 0 Å². The first-order valence-electron chi connectivity index (χ1n) is 5.38. The van der Waals surface area contributed by atoms with Gasteiger partial charge in [-0.15, -0.1) is 0 Å². The molecule has 0 spiro atoms. The number of hydrogen-bond donors (Lipinski definition) is 0. The van der Waals surface area contributed by atoms with E-state index in [0.29, 0.717) is 24.5 Å². The molecule has 0 fully saturated rings. The summed E-state index contributed by atoms with van der Waals surface area (Å²) < 4.78 is 10.9. The van der Waals surface area contributed by atoms with Crippen LogP contribution in [-0.2, 0) is 4.74 Å². The molecule has 0 saturated heterocycles. The van der Waals surface area contributed by atoms with Crippen molar-refractivity contribution in [1.82, 2.24) is 0 Å². The predicted octanol–water partition coefficient (Wildman–Crippen LogP) is 2.67. The zero-order valence-corrected chi connectivity index (χ0v) is 9.99. The van der Waals surface area contributed by atoms with E-state index in [4.69, 9.17) is 14.7 Å². The molecule has 0 bridgehead atoms. The summed E-state index contributed by atoms with van der Waals surface area (Å²) in [4.78, 5) is 0. The van der Waals surface area contributed by atoms with Gasteiger partial charge in [-0.3, -0.25) is 0 Å². The Hall–Kier alpha value is -1.53. The SMILES string of the molecule is Cc1ccc(C#N)c(OCCOC(C)C)c1. The van der Waals surface area contributed by atoms with E-state index in [2.05, 4.69) is 6.07 Å². The molecule has 0 saturated carbocycles. The van der Waals surface area contributed by atoms with Crippen molar-refractivity contribution in [3.05, 3.63) is 29.3 Å². The van der Waals surface area contributed by atoms with Crippen molar-refractivity contribution in [2.45, 2.75) is 26.9 Å². The van der Waals surface area contributed by atoms with E-state index in [1.54, 1.807) is 6.07 Å². The molecule has 0 aliphatic rings. The Morgan fingerprint density at radius 1 is 1.31 bits per heavy atom. The number of aryl methyl sites for hydroxylation is 1. The lowest BCUT2D eigenvalue weighted by Gasteiger charge is -2.10. The Morgan fingerprint density at radius 3 is 2.69 bits per heavy atom. The number of ether oxygens (including phenoxy) is 2. The summed E-state index contributed by atoms with van der Waals surface area (Å²) in [5, 5.41) is 8.89. The van der Waals surface area contributed by atoms with Gasteiger partial charge in [0, 0.05) is 0 Å². The van der Waals surface area contributed by atoms with E-state index in [-0.39, 0.29) is 6.10 Å². The van der Waals surface area contributed by atoms with Crippen molar-refractivity contribution in [3.8, 4) is 11.8 Å². The van der Waals surface area contributed by atoms with E-state index >= 15 is 0 Å². The van der Waals surface area contributed by atoms with Crippen molar-refractivity contribution in [2.75, 3.05) is 13.2 Å². The minimum atomic E-state index is 0.205. The molecule has 1 rings (SSSR count). The molecule has 0 unspecified atom stereocenters. The van der Waals surface area contributed by atoms with Crippen LogP contribution in [0.5, 0.6) is 5.75 Å². The molecule has 0 N–H and O–H groups in total. The molecule has 16 heavy (non-hydrogen) atoms. The normalized spacial score (nSPS) is 10.2. The minimum Gasteiger partial charge on any atom is -0.490 e. The topological polar surface area (TPSA) is 42.2 Å². The van der Waals surface area contributed by atoms with E-state index in [1.165, 1.54) is 0 Å². The first-order valence-corrected chi connectivity index (χ1v) is 5.38. The maximum Gasteiger partial charge on any atom is 0.137 e. The summed E-state index contributed by atoms with van der Waals surface area (Å²) in [6.07, 6.45) is 0.205. The van der Waals surface area contributed by atoms with Crippen molar-refractivity contribution >= 4 is 0 Å². The van der Waals surface area contributed by atoms with Gasteiger partial charge in [0.15, 0.2) is 0 Å². The van der Waals surface area contributed by atoms with Gasteiger partial charge in [0.2, 0.25) is 0 Å². The van der Waals surface area contributed by atoms with Crippen molar-refractivity contribution in [3.63, 3.8) is 0 Å². The van der Waals surface area contributed by atoms with Crippen LogP contribution < -0.4 is 4.74 Å². The summed E-state index contributed by atoms with van der Waals surface area (Å²) in [5.41, 5.74) is 1.65. The summed E-state index contributed by atoms with van der Waals surface area (Å²) in [7, 11) is 0. The number of nitrogens with zero attached hydrogens (tertiary/aromatic N) is 1. The molecule has 1 aromatic rings. The molecule has 0 aliphatic heterocycles. The summed E-state index contributed by atoms with van der Waals surface area (Å²) >= 11 is 0. The van der Waals surface area contributed by atoms with Crippen LogP contribution >= 0.6 is 0 Å². The van der Waals surface area contributed by atoms with Crippen LogP contribution in [-0.4, -0.2) is 19.3 Å². The third-order valence-corrected chi connectivity index (χ3v) is 2.05. The maximum absolute atomic E-state index is 8.89. The molecule has 0 heterocycles. The Morgan fingerprint density at radius 2 is 2.06 bits per heavy atom. The van der Waals surface area contributed by atoms with E-state index < -0.39 is 0 Å². The molecular weight excluding hydrogens is 202 g/mol. The first kappa shape index (κ1) is 12.5. The average molecular weight is 219 g/mol. The highest BCUT2D eigenvalue weighted by molar-refractivity contribution is 5.44. The predicted molar refractivity (Wildman–Crippen MR) is 62.5 cm³/mol. The molecule has 3 nitrogen and oxygen atoms in total. The molecular formula is C13H17NO2. The Bertz CT molecular complexity index is 380. The molecule has 86 valence electrons. The second-order valence-corrected chi connectivity index (χ2v) is 3.88. The lowest BCUT2D eigenvalue weighted by molar-refractivity contribution is 0.0552. The molecule has 0 radical (unpaired) electrons. The van der Waals surface area contributed by atoms with Gasteiger partial charge in [-0.05, 0) is 38.5 Å². The Kier molecular flexibility index (Phi) is 4.81. The van der Waals surface area contributed by atoms with Crippen LogP contribution in [0.4, 0.5) is 0 Å². The number of rotatable bonds is 5. The monoisotopic (exact) mass is 219 g/mol. The van der Waals surface area contributed by atoms with E-state index in [9.17, 15) is 0 Å². The van der Waals surface area contributed by atoms with Crippen LogP contribution in [0.2, 0.25) is 0 Å². The highest BCUT2D eigenvalue weighted by atomic mass is 16.5. The second kappa shape index (κ2) is 6.14. The van der Waals surface area contributed by atoms with Gasteiger partial charge >= 0.3 is 0 Å². The van der Waals surface area contributed by atoms with Crippen LogP contribution in [0, 0.1) is 18.3 Å². The standard InChI is InChI=1S/C13H17NO2/c1-10(2)15-6-7-16-13-8-11(3)4-5-12(13)9-14/h4-5,8,10H,6-7H2,1-3H3. The lowest BCUT2D eigenvalue weighted by atomic mass is 10.1. The zero-order valence-electron chi connectivity index (χ0n) is 9.99. The van der Waals surface area contributed by atoms with E-state index in [0.717, 1.165) is 5.56 Å². The van der Waals surface area contributed by atoms with Gasteiger partial charge in [0.1, 0.15) is 18.4 Å². The maximum atomic E-state index is 8.89. The van der Waals surface area contributed by atoms with Gasteiger partial charge in [-0.25, -0.2) is 0 Å². The lowest BCUT2D eigenvalue weighted by Crippen LogP contribution is -2.11. The van der Waals surface area contributed by atoms with Crippen LogP contribution in [0.3, 0.4) is 0 Å². The third kappa shape index (κ3) is 3.92. The first-order chi connectivity index (χ1) is 7.63. The summed E-state index contributed by atoms with van der Waals surface area (Å²) in [5.74, 6) is 0.634. The molecule has 0 amide bonds. The number of nitriles is 1. The fraction of sp³-hybridized carbons (Fsp3) is 0.462.